The summed E-state index contributed by atoms with van der Waals surface area (Å²) in [4.78, 5) is 4.33. The van der Waals surface area contributed by atoms with Crippen LogP contribution in [0.25, 0.3) is 11.0 Å². The van der Waals surface area contributed by atoms with Gasteiger partial charge < -0.3 is 10.3 Å². The second kappa shape index (κ2) is 3.42. The van der Waals surface area contributed by atoms with Crippen molar-refractivity contribution in [2.75, 3.05) is 5.73 Å². The summed E-state index contributed by atoms with van der Waals surface area (Å²) < 4.78 is 1.97. The monoisotopic (exact) mass is 201 g/mol. The van der Waals surface area contributed by atoms with Crippen molar-refractivity contribution >= 4 is 17.0 Å². The van der Waals surface area contributed by atoms with Gasteiger partial charge in [0.25, 0.3) is 0 Å². The lowest BCUT2D eigenvalue weighted by molar-refractivity contribution is 0.866. The van der Waals surface area contributed by atoms with Crippen LogP contribution < -0.4 is 5.73 Å². The summed E-state index contributed by atoms with van der Waals surface area (Å²) in [5, 5.41) is 0. The van der Waals surface area contributed by atoms with Gasteiger partial charge in [-0.3, -0.25) is 0 Å². The number of rotatable bonds is 2. The van der Waals surface area contributed by atoms with Crippen molar-refractivity contribution in [2.24, 2.45) is 0 Å². The van der Waals surface area contributed by atoms with E-state index in [9.17, 15) is 0 Å². The van der Waals surface area contributed by atoms with Gasteiger partial charge in [0.15, 0.2) is 0 Å². The van der Waals surface area contributed by atoms with Crippen molar-refractivity contribution in [3.05, 3.63) is 35.9 Å². The van der Waals surface area contributed by atoms with Gasteiger partial charge in [-0.05, 0) is 37.1 Å². The van der Waals surface area contributed by atoms with Crippen LogP contribution in [0.2, 0.25) is 0 Å². The summed E-state index contributed by atoms with van der Waals surface area (Å²) in [6.07, 6.45) is 1.83. The molecule has 15 heavy (non-hydrogen) atoms. The third-order valence-corrected chi connectivity index (χ3v) is 2.70. The predicted octanol–water partition coefficient (Wildman–Crippen LogP) is 2.42. The molecule has 0 saturated carbocycles. The molecule has 0 aliphatic rings. The Balaban J connectivity index is 2.75. The largest absolute Gasteiger partial charge is 0.369 e. The molecule has 0 saturated heterocycles. The van der Waals surface area contributed by atoms with Crippen LogP contribution in [0.3, 0.4) is 0 Å². The summed E-state index contributed by atoms with van der Waals surface area (Å²) in [5.41, 5.74) is 10.4. The van der Waals surface area contributed by atoms with E-state index in [1.165, 1.54) is 11.1 Å². The smallest absolute Gasteiger partial charge is 0.201 e. The first-order chi connectivity index (χ1) is 7.13. The standard InChI is InChI=1S/C12H15N3/c1-4-5-15-11-7-9(3)8(2)6-10(11)14-12(15)13/h4,6-7H,1,5H2,2-3H3,(H2,13,14). The van der Waals surface area contributed by atoms with Crippen LogP contribution in [-0.2, 0) is 6.54 Å². The number of nitrogens with two attached hydrogens (primary N) is 1. The van der Waals surface area contributed by atoms with E-state index in [1.807, 2.05) is 10.6 Å². The van der Waals surface area contributed by atoms with Crippen LogP contribution in [0, 0.1) is 13.8 Å². The molecule has 3 heteroatoms. The fourth-order valence-electron chi connectivity index (χ4n) is 1.72. The average Bonchev–Trinajstić information content (AvgIpc) is 2.46. The van der Waals surface area contributed by atoms with Gasteiger partial charge in [0.1, 0.15) is 0 Å². The van der Waals surface area contributed by atoms with Crippen LogP contribution >= 0.6 is 0 Å². The number of fused-ring (bicyclic) bond motifs is 1. The second-order valence-corrected chi connectivity index (χ2v) is 3.79. The minimum absolute atomic E-state index is 0.551. The number of nitrogen functional groups attached to an aromatic ring is 1. The Morgan fingerprint density at radius 3 is 2.73 bits per heavy atom. The minimum Gasteiger partial charge on any atom is -0.369 e. The van der Waals surface area contributed by atoms with Gasteiger partial charge in [0.2, 0.25) is 5.95 Å². The fourth-order valence-corrected chi connectivity index (χ4v) is 1.72. The molecule has 0 bridgehead atoms. The van der Waals surface area contributed by atoms with Crippen LogP contribution in [-0.4, -0.2) is 9.55 Å². The summed E-state index contributed by atoms with van der Waals surface area (Å²) in [6.45, 7) is 8.59. The first-order valence-electron chi connectivity index (χ1n) is 4.97. The number of benzene rings is 1. The minimum atomic E-state index is 0.551. The molecule has 0 aliphatic heterocycles. The summed E-state index contributed by atoms with van der Waals surface area (Å²) in [6, 6.07) is 4.19. The van der Waals surface area contributed by atoms with E-state index >= 15 is 0 Å². The van der Waals surface area contributed by atoms with Crippen molar-refractivity contribution in [1.82, 2.24) is 9.55 Å². The predicted molar refractivity (Wildman–Crippen MR) is 63.8 cm³/mol. The second-order valence-electron chi connectivity index (χ2n) is 3.79. The van der Waals surface area contributed by atoms with Gasteiger partial charge in [-0.15, -0.1) is 6.58 Å². The summed E-state index contributed by atoms with van der Waals surface area (Å²) in [5.74, 6) is 0.551. The van der Waals surface area contributed by atoms with Gasteiger partial charge in [-0.25, -0.2) is 4.98 Å². The lowest BCUT2D eigenvalue weighted by Gasteiger charge is -2.04. The summed E-state index contributed by atoms with van der Waals surface area (Å²) in [7, 11) is 0. The van der Waals surface area contributed by atoms with E-state index in [1.54, 1.807) is 0 Å². The highest BCUT2D eigenvalue weighted by molar-refractivity contribution is 5.80. The molecule has 0 aliphatic carbocycles. The third kappa shape index (κ3) is 1.50. The Morgan fingerprint density at radius 2 is 2.07 bits per heavy atom. The first kappa shape index (κ1) is 9.77. The maximum atomic E-state index is 5.84. The van der Waals surface area contributed by atoms with Gasteiger partial charge >= 0.3 is 0 Å². The zero-order valence-corrected chi connectivity index (χ0v) is 9.12. The van der Waals surface area contributed by atoms with Gasteiger partial charge in [-0.1, -0.05) is 6.08 Å². The normalized spacial score (nSPS) is 10.8. The highest BCUT2D eigenvalue weighted by Gasteiger charge is 2.07. The molecule has 1 aromatic heterocycles. The number of hydrogen-bond acceptors (Lipinski definition) is 2. The lowest BCUT2D eigenvalue weighted by atomic mass is 10.1. The van der Waals surface area contributed by atoms with Crippen LogP contribution in [0.1, 0.15) is 11.1 Å². The molecule has 78 valence electrons. The highest BCUT2D eigenvalue weighted by atomic mass is 15.1. The Bertz CT molecular complexity index is 523. The van der Waals surface area contributed by atoms with E-state index in [0.29, 0.717) is 12.5 Å². The Kier molecular flexibility index (Phi) is 2.23. The number of imidazole rings is 1. The Morgan fingerprint density at radius 1 is 1.40 bits per heavy atom. The molecule has 0 unspecified atom stereocenters. The molecule has 2 rings (SSSR count). The van der Waals surface area contributed by atoms with Crippen LogP contribution in [0.15, 0.2) is 24.8 Å². The van der Waals surface area contributed by atoms with E-state index in [0.717, 1.165) is 11.0 Å². The first-order valence-corrected chi connectivity index (χ1v) is 4.97. The van der Waals surface area contributed by atoms with E-state index in [4.69, 9.17) is 5.73 Å². The maximum Gasteiger partial charge on any atom is 0.201 e. The fraction of sp³-hybridized carbons (Fsp3) is 0.250. The number of nitrogens with zero attached hydrogens (tertiary/aromatic N) is 2. The van der Waals surface area contributed by atoms with Gasteiger partial charge in [0, 0.05) is 6.54 Å². The van der Waals surface area contributed by atoms with Gasteiger partial charge in [-0.2, -0.15) is 0 Å². The molecule has 2 aromatic rings. The zero-order valence-electron chi connectivity index (χ0n) is 9.12. The number of aromatic nitrogens is 2. The quantitative estimate of drug-likeness (QED) is 0.758. The number of allylic oxidation sites excluding steroid dienone is 1. The number of aryl methyl sites for hydroxylation is 2. The average molecular weight is 201 g/mol. The molecule has 0 radical (unpaired) electrons. The van der Waals surface area contributed by atoms with E-state index in [2.05, 4.69) is 37.5 Å². The van der Waals surface area contributed by atoms with Crippen molar-refractivity contribution in [1.29, 1.82) is 0 Å². The molecule has 1 aromatic carbocycles. The Hall–Kier alpha value is -1.77. The molecule has 0 amide bonds. The van der Waals surface area contributed by atoms with Gasteiger partial charge in [0.05, 0.1) is 11.0 Å². The lowest BCUT2D eigenvalue weighted by Crippen LogP contribution is -2.01. The number of anilines is 1. The van der Waals surface area contributed by atoms with Crippen LogP contribution in [0.4, 0.5) is 5.95 Å². The van der Waals surface area contributed by atoms with E-state index in [-0.39, 0.29) is 0 Å². The highest BCUT2D eigenvalue weighted by Crippen LogP contribution is 2.21. The molecular formula is C12H15N3. The van der Waals surface area contributed by atoms with Crippen molar-refractivity contribution in [3.8, 4) is 0 Å². The maximum absolute atomic E-state index is 5.84. The van der Waals surface area contributed by atoms with E-state index < -0.39 is 0 Å². The van der Waals surface area contributed by atoms with Crippen molar-refractivity contribution < 1.29 is 0 Å². The number of hydrogen-bond donors (Lipinski definition) is 1. The SMILES string of the molecule is C=CCn1c(N)nc2cc(C)c(C)cc21. The zero-order chi connectivity index (χ0) is 11.0. The molecule has 0 atom stereocenters. The molecular weight excluding hydrogens is 186 g/mol. The third-order valence-electron chi connectivity index (χ3n) is 2.70. The molecule has 1 heterocycles. The molecule has 3 nitrogen and oxygen atoms in total. The van der Waals surface area contributed by atoms with Crippen molar-refractivity contribution in [2.45, 2.75) is 20.4 Å². The molecule has 0 spiro atoms. The molecule has 2 N–H and O–H groups in total. The topological polar surface area (TPSA) is 43.8 Å². The molecule has 0 fully saturated rings. The Labute approximate surface area is 89.2 Å². The van der Waals surface area contributed by atoms with Crippen LogP contribution in [0.5, 0.6) is 0 Å². The van der Waals surface area contributed by atoms with Crippen molar-refractivity contribution in [3.63, 3.8) is 0 Å². The summed E-state index contributed by atoms with van der Waals surface area (Å²) >= 11 is 0.